The van der Waals surface area contributed by atoms with Crippen molar-refractivity contribution in [3.05, 3.63) is 12.0 Å². The molecular formula is C11H19N3O4S2. The highest BCUT2D eigenvalue weighted by atomic mass is 32.2. The standard InChI is InChI=1S/C11H19N3O4S2/c1-4-14-7-10(12-8(14)2)20(17,18)13-9(11(15)16)5-6-19-3/h7,9,13H,4-6H2,1-3H3,(H,15,16)/t9-/m0/s1. The number of rotatable bonds is 8. The molecule has 0 spiro atoms. The third-order valence-corrected chi connectivity index (χ3v) is 4.76. The van der Waals surface area contributed by atoms with Gasteiger partial charge in [0.15, 0.2) is 5.03 Å². The molecule has 0 radical (unpaired) electrons. The normalized spacial score (nSPS) is 13.3. The van der Waals surface area contributed by atoms with Gasteiger partial charge in [0.25, 0.3) is 10.0 Å². The molecule has 7 nitrogen and oxygen atoms in total. The minimum Gasteiger partial charge on any atom is -0.480 e. The van der Waals surface area contributed by atoms with Crippen LogP contribution in [0.25, 0.3) is 0 Å². The fourth-order valence-electron chi connectivity index (χ4n) is 1.65. The molecule has 9 heteroatoms. The average molecular weight is 321 g/mol. The maximum atomic E-state index is 12.1. The van der Waals surface area contributed by atoms with Crippen molar-refractivity contribution < 1.29 is 18.3 Å². The van der Waals surface area contributed by atoms with E-state index < -0.39 is 22.0 Å². The summed E-state index contributed by atoms with van der Waals surface area (Å²) in [5.74, 6) is -0.0554. The minimum atomic E-state index is -3.92. The zero-order valence-corrected chi connectivity index (χ0v) is 13.3. The number of nitrogens with one attached hydrogen (secondary N) is 1. The summed E-state index contributed by atoms with van der Waals surface area (Å²) in [5, 5.41) is 8.91. The molecule has 0 aliphatic rings. The van der Waals surface area contributed by atoms with Gasteiger partial charge in [0.2, 0.25) is 0 Å². The third-order valence-electron chi connectivity index (χ3n) is 2.78. The molecule has 0 bridgehead atoms. The van der Waals surface area contributed by atoms with Crippen molar-refractivity contribution in [1.29, 1.82) is 0 Å². The van der Waals surface area contributed by atoms with Crippen LogP contribution in [0.1, 0.15) is 19.2 Å². The predicted octanol–water partition coefficient (Wildman–Crippen LogP) is 0.696. The molecule has 1 rings (SSSR count). The lowest BCUT2D eigenvalue weighted by atomic mass is 10.2. The first kappa shape index (κ1) is 17.0. The van der Waals surface area contributed by atoms with E-state index in [2.05, 4.69) is 9.71 Å². The summed E-state index contributed by atoms with van der Waals surface area (Å²) in [6, 6.07) is -1.14. The number of carbonyl (C=O) groups is 1. The van der Waals surface area contributed by atoms with Gasteiger partial charge in [-0.1, -0.05) is 0 Å². The largest absolute Gasteiger partial charge is 0.480 e. The third kappa shape index (κ3) is 4.22. The van der Waals surface area contributed by atoms with E-state index in [0.717, 1.165) is 0 Å². The highest BCUT2D eigenvalue weighted by Crippen LogP contribution is 2.11. The molecule has 0 fully saturated rings. The van der Waals surface area contributed by atoms with Crippen molar-refractivity contribution in [1.82, 2.24) is 14.3 Å². The maximum Gasteiger partial charge on any atom is 0.321 e. The van der Waals surface area contributed by atoms with E-state index in [0.29, 0.717) is 18.1 Å². The number of nitrogens with zero attached hydrogens (tertiary/aromatic N) is 2. The average Bonchev–Trinajstić information content (AvgIpc) is 2.76. The molecule has 0 saturated carbocycles. The van der Waals surface area contributed by atoms with Gasteiger partial charge in [-0.2, -0.15) is 16.5 Å². The molecule has 1 aromatic rings. The number of aryl methyl sites for hydroxylation is 2. The van der Waals surface area contributed by atoms with Gasteiger partial charge in [-0.25, -0.2) is 13.4 Å². The number of sulfonamides is 1. The van der Waals surface area contributed by atoms with Crippen LogP contribution in [0.15, 0.2) is 11.2 Å². The van der Waals surface area contributed by atoms with E-state index in [1.54, 1.807) is 11.5 Å². The molecule has 0 aromatic carbocycles. The summed E-state index contributed by atoms with van der Waals surface area (Å²) in [4.78, 5) is 15.0. The summed E-state index contributed by atoms with van der Waals surface area (Å²) >= 11 is 1.46. The Hall–Kier alpha value is -1.06. The lowest BCUT2D eigenvalue weighted by Crippen LogP contribution is -2.41. The van der Waals surface area contributed by atoms with Crippen LogP contribution in [0.4, 0.5) is 0 Å². The van der Waals surface area contributed by atoms with Crippen molar-refractivity contribution in [2.45, 2.75) is 37.9 Å². The van der Waals surface area contributed by atoms with E-state index in [9.17, 15) is 13.2 Å². The highest BCUT2D eigenvalue weighted by Gasteiger charge is 2.27. The van der Waals surface area contributed by atoms with Crippen molar-refractivity contribution in [2.24, 2.45) is 0 Å². The van der Waals surface area contributed by atoms with Crippen molar-refractivity contribution in [3.8, 4) is 0 Å². The molecule has 0 aliphatic carbocycles. The molecule has 0 aliphatic heterocycles. The second-order valence-electron chi connectivity index (χ2n) is 4.21. The van der Waals surface area contributed by atoms with Gasteiger partial charge in [-0.15, -0.1) is 0 Å². The maximum absolute atomic E-state index is 12.1. The van der Waals surface area contributed by atoms with Crippen LogP contribution in [0.5, 0.6) is 0 Å². The molecule has 1 heterocycles. The van der Waals surface area contributed by atoms with Gasteiger partial charge in [-0.05, 0) is 32.3 Å². The summed E-state index contributed by atoms with van der Waals surface area (Å²) in [7, 11) is -3.92. The van der Waals surface area contributed by atoms with Gasteiger partial charge < -0.3 is 9.67 Å². The molecule has 20 heavy (non-hydrogen) atoms. The Labute approximate surface area is 122 Å². The zero-order valence-electron chi connectivity index (χ0n) is 11.7. The Kier molecular flexibility index (Phi) is 6.03. The summed E-state index contributed by atoms with van der Waals surface area (Å²) in [5.41, 5.74) is 0. The number of hydrogen-bond acceptors (Lipinski definition) is 5. The monoisotopic (exact) mass is 321 g/mol. The van der Waals surface area contributed by atoms with E-state index in [1.165, 1.54) is 18.0 Å². The second kappa shape index (κ2) is 7.09. The number of aliphatic carboxylic acids is 1. The first-order chi connectivity index (χ1) is 9.31. The molecule has 0 saturated heterocycles. The van der Waals surface area contributed by atoms with Crippen LogP contribution in [0.2, 0.25) is 0 Å². The zero-order chi connectivity index (χ0) is 15.3. The quantitative estimate of drug-likeness (QED) is 0.731. The predicted molar refractivity (Wildman–Crippen MR) is 77.4 cm³/mol. The van der Waals surface area contributed by atoms with Gasteiger partial charge in [0, 0.05) is 12.7 Å². The van der Waals surface area contributed by atoms with Gasteiger partial charge in [-0.3, -0.25) is 4.79 Å². The molecule has 2 N–H and O–H groups in total. The number of hydrogen-bond donors (Lipinski definition) is 2. The lowest BCUT2D eigenvalue weighted by molar-refractivity contribution is -0.139. The lowest BCUT2D eigenvalue weighted by Gasteiger charge is -2.12. The summed E-state index contributed by atoms with van der Waals surface area (Å²) in [6.45, 7) is 4.17. The fourth-order valence-corrected chi connectivity index (χ4v) is 3.35. The number of aromatic nitrogens is 2. The van der Waals surface area contributed by atoms with Crippen LogP contribution >= 0.6 is 11.8 Å². The smallest absolute Gasteiger partial charge is 0.321 e. The number of thioether (sulfide) groups is 1. The summed E-state index contributed by atoms with van der Waals surface area (Å²) < 4.78 is 28.1. The van der Waals surface area contributed by atoms with Crippen LogP contribution in [0, 0.1) is 6.92 Å². The second-order valence-corrected chi connectivity index (χ2v) is 6.85. The van der Waals surface area contributed by atoms with E-state index in [1.807, 2.05) is 13.2 Å². The minimum absolute atomic E-state index is 0.146. The van der Waals surface area contributed by atoms with E-state index in [4.69, 9.17) is 5.11 Å². The molecule has 1 atom stereocenters. The first-order valence-electron chi connectivity index (χ1n) is 6.09. The number of carboxylic acid groups (broad SMARTS) is 1. The number of carboxylic acids is 1. The van der Waals surface area contributed by atoms with Crippen LogP contribution in [-0.4, -0.2) is 47.1 Å². The topological polar surface area (TPSA) is 101 Å². The van der Waals surface area contributed by atoms with Crippen molar-refractivity contribution >= 4 is 27.8 Å². The molecule has 114 valence electrons. The SMILES string of the molecule is CCn1cc(S(=O)(=O)N[C@@H](CCSC)C(=O)O)nc1C. The Morgan fingerprint density at radius 2 is 2.25 bits per heavy atom. The first-order valence-corrected chi connectivity index (χ1v) is 8.97. The van der Waals surface area contributed by atoms with Gasteiger partial charge >= 0.3 is 5.97 Å². The molecule has 0 unspecified atom stereocenters. The molecule has 0 amide bonds. The number of imidazole rings is 1. The molecular weight excluding hydrogens is 302 g/mol. The van der Waals surface area contributed by atoms with E-state index in [-0.39, 0.29) is 11.4 Å². The Balaban J connectivity index is 2.94. The Morgan fingerprint density at radius 3 is 2.70 bits per heavy atom. The van der Waals surface area contributed by atoms with Gasteiger partial charge in [0.1, 0.15) is 11.9 Å². The fraction of sp³-hybridized carbons (Fsp3) is 0.636. The van der Waals surface area contributed by atoms with Crippen LogP contribution in [-0.2, 0) is 21.4 Å². The Bertz CT molecular complexity index is 568. The van der Waals surface area contributed by atoms with Crippen LogP contribution in [0.3, 0.4) is 0 Å². The van der Waals surface area contributed by atoms with E-state index >= 15 is 0 Å². The van der Waals surface area contributed by atoms with Crippen molar-refractivity contribution in [3.63, 3.8) is 0 Å². The van der Waals surface area contributed by atoms with Crippen molar-refractivity contribution in [2.75, 3.05) is 12.0 Å². The highest BCUT2D eigenvalue weighted by molar-refractivity contribution is 7.98. The Morgan fingerprint density at radius 1 is 1.60 bits per heavy atom. The van der Waals surface area contributed by atoms with Gasteiger partial charge in [0.05, 0.1) is 0 Å². The summed E-state index contributed by atoms with van der Waals surface area (Å²) in [6.07, 6.45) is 3.47. The molecule has 1 aromatic heterocycles. The van der Waals surface area contributed by atoms with Crippen LogP contribution < -0.4 is 4.72 Å².